The van der Waals surface area contributed by atoms with Crippen molar-refractivity contribution < 1.29 is 18.7 Å². The van der Waals surface area contributed by atoms with Crippen LogP contribution in [-0.4, -0.2) is 22.1 Å². The number of carbonyl (C=O) groups is 1. The van der Waals surface area contributed by atoms with Gasteiger partial charge >= 0.3 is 5.97 Å². The van der Waals surface area contributed by atoms with E-state index in [4.69, 9.17) is 15.2 Å². The zero-order valence-corrected chi connectivity index (χ0v) is 20.3. The number of hydrogen-bond donors (Lipinski definition) is 1. The zero-order chi connectivity index (χ0) is 24.9. The lowest BCUT2D eigenvalue weighted by Crippen LogP contribution is -2.09. The summed E-state index contributed by atoms with van der Waals surface area (Å²) in [5.41, 5.74) is 11.2. The topological polar surface area (TPSA) is 79.4 Å². The van der Waals surface area contributed by atoms with Gasteiger partial charge in [-0.3, -0.25) is 9.78 Å². The maximum absolute atomic E-state index is 13.9. The molecule has 35 heavy (non-hydrogen) atoms. The first-order chi connectivity index (χ1) is 16.9. The number of rotatable bonds is 9. The van der Waals surface area contributed by atoms with Crippen molar-refractivity contribution in [1.29, 1.82) is 0 Å². The van der Waals surface area contributed by atoms with E-state index >= 15 is 0 Å². The minimum absolute atomic E-state index is 0.0553. The fourth-order valence-electron chi connectivity index (χ4n) is 4.21. The summed E-state index contributed by atoms with van der Waals surface area (Å²) in [6, 6.07) is 14.8. The molecule has 0 aliphatic heterocycles. The van der Waals surface area contributed by atoms with Crippen molar-refractivity contribution in [2.45, 2.75) is 46.4 Å². The molecule has 2 heterocycles. The normalized spacial score (nSPS) is 11.3. The molecule has 0 fully saturated rings. The highest BCUT2D eigenvalue weighted by molar-refractivity contribution is 5.96. The SMILES string of the molecule is CCOC(=O)Cc1cc(F)ccc1OCc1cc(-c2ccnc(CN)c2)c2ccn(C(C)C)c2c1. The number of pyridine rings is 1. The average molecular weight is 476 g/mol. The van der Waals surface area contributed by atoms with Crippen molar-refractivity contribution in [2.75, 3.05) is 6.61 Å². The second-order valence-electron chi connectivity index (χ2n) is 8.66. The summed E-state index contributed by atoms with van der Waals surface area (Å²) < 4.78 is 27.2. The van der Waals surface area contributed by atoms with Crippen LogP contribution in [0.15, 0.2) is 60.9 Å². The van der Waals surface area contributed by atoms with E-state index in [0.29, 0.717) is 17.9 Å². The number of ether oxygens (including phenoxy) is 2. The number of aromatic nitrogens is 2. The van der Waals surface area contributed by atoms with Crippen LogP contribution in [0.1, 0.15) is 43.6 Å². The molecule has 0 radical (unpaired) electrons. The largest absolute Gasteiger partial charge is 0.489 e. The molecule has 6 nitrogen and oxygen atoms in total. The molecule has 0 aliphatic carbocycles. The van der Waals surface area contributed by atoms with Crippen LogP contribution in [0.25, 0.3) is 22.0 Å². The lowest BCUT2D eigenvalue weighted by atomic mass is 9.99. The predicted octanol–water partition coefficient (Wildman–Crippen LogP) is 5.57. The number of nitrogens with two attached hydrogens (primary N) is 1. The van der Waals surface area contributed by atoms with E-state index in [0.717, 1.165) is 33.3 Å². The van der Waals surface area contributed by atoms with Gasteiger partial charge in [-0.15, -0.1) is 0 Å². The van der Waals surface area contributed by atoms with E-state index in [1.165, 1.54) is 12.1 Å². The third kappa shape index (κ3) is 5.52. The van der Waals surface area contributed by atoms with Gasteiger partial charge < -0.3 is 19.8 Å². The molecule has 0 amide bonds. The second kappa shape index (κ2) is 10.7. The van der Waals surface area contributed by atoms with Gasteiger partial charge in [-0.1, -0.05) is 0 Å². The fourth-order valence-corrected chi connectivity index (χ4v) is 4.21. The summed E-state index contributed by atoms with van der Waals surface area (Å²) in [4.78, 5) is 16.3. The number of esters is 1. The molecule has 0 aliphatic rings. The molecule has 2 N–H and O–H groups in total. The van der Waals surface area contributed by atoms with Crippen LogP contribution >= 0.6 is 0 Å². The summed E-state index contributed by atoms with van der Waals surface area (Å²) in [6.07, 6.45) is 3.80. The van der Waals surface area contributed by atoms with Crippen LogP contribution in [-0.2, 0) is 29.1 Å². The molecule has 0 saturated carbocycles. The molecular formula is C28H30FN3O3. The standard InChI is InChI=1S/C28H30FN3O3/c1-4-34-28(33)15-21-13-22(29)5-6-27(21)35-17-19-11-25(20-7-9-31-23(14-20)16-30)24-8-10-32(18(2)3)26(24)12-19/h5-14,18H,4,15-17,30H2,1-3H3. The fraction of sp³-hybridized carbons (Fsp3) is 0.286. The first-order valence-electron chi connectivity index (χ1n) is 11.7. The highest BCUT2D eigenvalue weighted by atomic mass is 19.1. The maximum Gasteiger partial charge on any atom is 0.310 e. The Balaban J connectivity index is 1.71. The molecule has 0 bridgehead atoms. The zero-order valence-electron chi connectivity index (χ0n) is 20.3. The molecule has 0 atom stereocenters. The maximum atomic E-state index is 13.9. The Morgan fingerprint density at radius 3 is 2.71 bits per heavy atom. The van der Waals surface area contributed by atoms with E-state index < -0.39 is 11.8 Å². The van der Waals surface area contributed by atoms with Crippen molar-refractivity contribution in [3.63, 3.8) is 0 Å². The van der Waals surface area contributed by atoms with Crippen molar-refractivity contribution >= 4 is 16.9 Å². The lowest BCUT2D eigenvalue weighted by Gasteiger charge is -2.15. The number of halogens is 1. The number of benzene rings is 2. The van der Waals surface area contributed by atoms with E-state index in [2.05, 4.69) is 47.8 Å². The van der Waals surface area contributed by atoms with Crippen LogP contribution in [0.3, 0.4) is 0 Å². The quantitative estimate of drug-likeness (QED) is 0.320. The van der Waals surface area contributed by atoms with Crippen molar-refractivity contribution in [1.82, 2.24) is 9.55 Å². The van der Waals surface area contributed by atoms with Crippen LogP contribution in [0.2, 0.25) is 0 Å². The first kappa shape index (κ1) is 24.4. The predicted molar refractivity (Wildman–Crippen MR) is 135 cm³/mol. The van der Waals surface area contributed by atoms with Crippen molar-refractivity contribution in [2.24, 2.45) is 5.73 Å². The molecule has 0 saturated heterocycles. The molecule has 7 heteroatoms. The summed E-state index contributed by atoms with van der Waals surface area (Å²) in [7, 11) is 0. The molecule has 182 valence electrons. The van der Waals surface area contributed by atoms with Crippen LogP contribution in [0.4, 0.5) is 4.39 Å². The first-order valence-corrected chi connectivity index (χ1v) is 11.7. The van der Waals surface area contributed by atoms with Gasteiger partial charge in [0.05, 0.1) is 18.7 Å². The van der Waals surface area contributed by atoms with Crippen LogP contribution in [0.5, 0.6) is 5.75 Å². The van der Waals surface area contributed by atoms with Crippen LogP contribution < -0.4 is 10.5 Å². The molecule has 2 aromatic heterocycles. The van der Waals surface area contributed by atoms with Gasteiger partial charge in [0.15, 0.2) is 0 Å². The minimum Gasteiger partial charge on any atom is -0.489 e. The molecule has 2 aromatic carbocycles. The highest BCUT2D eigenvalue weighted by Gasteiger charge is 2.15. The Kier molecular flexibility index (Phi) is 7.46. The van der Waals surface area contributed by atoms with Gasteiger partial charge in [0.2, 0.25) is 0 Å². The van der Waals surface area contributed by atoms with Gasteiger partial charge in [0.1, 0.15) is 18.2 Å². The van der Waals surface area contributed by atoms with E-state index in [9.17, 15) is 9.18 Å². The van der Waals surface area contributed by atoms with Gasteiger partial charge in [0, 0.05) is 41.4 Å². The molecular weight excluding hydrogens is 445 g/mol. The lowest BCUT2D eigenvalue weighted by molar-refractivity contribution is -0.142. The summed E-state index contributed by atoms with van der Waals surface area (Å²) >= 11 is 0. The monoisotopic (exact) mass is 475 g/mol. The third-order valence-corrected chi connectivity index (χ3v) is 5.85. The summed E-state index contributed by atoms with van der Waals surface area (Å²) in [5, 5.41) is 1.13. The molecule has 4 rings (SSSR count). The Morgan fingerprint density at radius 1 is 1.14 bits per heavy atom. The summed E-state index contributed by atoms with van der Waals surface area (Å²) in [6.45, 7) is 6.90. The van der Waals surface area contributed by atoms with E-state index in [1.54, 1.807) is 19.2 Å². The number of fused-ring (bicyclic) bond motifs is 1. The van der Waals surface area contributed by atoms with Crippen LogP contribution in [0, 0.1) is 5.82 Å². The Bertz CT molecular complexity index is 1350. The average Bonchev–Trinajstić information content (AvgIpc) is 3.27. The number of carbonyl (C=O) groups excluding carboxylic acids is 1. The molecule has 0 spiro atoms. The van der Waals surface area contributed by atoms with E-state index in [1.807, 2.05) is 12.1 Å². The Labute approximate surface area is 204 Å². The number of hydrogen-bond acceptors (Lipinski definition) is 5. The minimum atomic E-state index is -0.427. The van der Waals surface area contributed by atoms with Gasteiger partial charge in [-0.25, -0.2) is 4.39 Å². The second-order valence-corrected chi connectivity index (χ2v) is 8.66. The molecule has 4 aromatic rings. The third-order valence-electron chi connectivity index (χ3n) is 5.85. The van der Waals surface area contributed by atoms with Crippen molar-refractivity contribution in [3.05, 3.63) is 83.6 Å². The van der Waals surface area contributed by atoms with Crippen molar-refractivity contribution in [3.8, 4) is 16.9 Å². The van der Waals surface area contributed by atoms with E-state index in [-0.39, 0.29) is 25.7 Å². The summed E-state index contributed by atoms with van der Waals surface area (Å²) in [5.74, 6) is -0.395. The smallest absolute Gasteiger partial charge is 0.310 e. The number of nitrogens with zero attached hydrogens (tertiary/aromatic N) is 2. The van der Waals surface area contributed by atoms with Gasteiger partial charge in [-0.05, 0) is 86.0 Å². The Morgan fingerprint density at radius 2 is 1.97 bits per heavy atom. The molecule has 0 unspecified atom stereocenters. The van der Waals surface area contributed by atoms with Gasteiger partial charge in [-0.2, -0.15) is 0 Å². The van der Waals surface area contributed by atoms with Gasteiger partial charge in [0.25, 0.3) is 0 Å². The highest BCUT2D eigenvalue weighted by Crippen LogP contribution is 2.33. The Hall–Kier alpha value is -3.71.